The lowest BCUT2D eigenvalue weighted by atomic mass is 10.0. The van der Waals surface area contributed by atoms with Gasteiger partial charge in [0.1, 0.15) is 5.60 Å². The minimum absolute atomic E-state index is 0.0218. The number of benzene rings is 2. The third-order valence-electron chi connectivity index (χ3n) is 5.75. The van der Waals surface area contributed by atoms with Crippen molar-refractivity contribution in [2.24, 2.45) is 0 Å². The summed E-state index contributed by atoms with van der Waals surface area (Å²) in [6.07, 6.45) is 1.42. The van der Waals surface area contributed by atoms with Gasteiger partial charge >= 0.3 is 11.9 Å². The number of aromatic nitrogens is 1. The molecule has 0 saturated carbocycles. The number of thiophene rings is 1. The second kappa shape index (κ2) is 11.4. The fourth-order valence-corrected chi connectivity index (χ4v) is 6.84. The molecule has 0 atom stereocenters. The molecular formula is C29H27Cl2NO6S2. The predicted octanol–water partition coefficient (Wildman–Crippen LogP) is 7.61. The summed E-state index contributed by atoms with van der Waals surface area (Å²) in [4.78, 5) is 26.9. The second-order valence-electron chi connectivity index (χ2n) is 9.92. The molecule has 0 aliphatic rings. The topological polar surface area (TPSA) is 91.7 Å². The first-order valence-corrected chi connectivity index (χ1v) is 15.4. The molecule has 0 spiro atoms. The lowest BCUT2D eigenvalue weighted by Gasteiger charge is -2.20. The van der Waals surface area contributed by atoms with Gasteiger partial charge in [0.2, 0.25) is 0 Å². The van der Waals surface area contributed by atoms with Gasteiger partial charge in [0.05, 0.1) is 27.6 Å². The van der Waals surface area contributed by atoms with Crippen LogP contribution in [0.25, 0.3) is 22.6 Å². The van der Waals surface area contributed by atoms with Crippen molar-refractivity contribution in [1.82, 2.24) is 3.97 Å². The summed E-state index contributed by atoms with van der Waals surface area (Å²) in [6.45, 7) is 8.62. The minimum Gasteiger partial charge on any atom is -0.461 e. The number of esters is 2. The van der Waals surface area contributed by atoms with Crippen LogP contribution in [0.4, 0.5) is 0 Å². The highest BCUT2D eigenvalue weighted by molar-refractivity contribution is 7.90. The van der Waals surface area contributed by atoms with Crippen LogP contribution in [0.5, 0.6) is 0 Å². The van der Waals surface area contributed by atoms with Crippen LogP contribution in [0.3, 0.4) is 0 Å². The summed E-state index contributed by atoms with van der Waals surface area (Å²) >= 11 is 14.4. The van der Waals surface area contributed by atoms with Gasteiger partial charge in [-0.15, -0.1) is 0 Å². The monoisotopic (exact) mass is 619 g/mol. The zero-order valence-electron chi connectivity index (χ0n) is 22.4. The summed E-state index contributed by atoms with van der Waals surface area (Å²) in [5.74, 6) is -1.57. The van der Waals surface area contributed by atoms with Crippen molar-refractivity contribution in [2.75, 3.05) is 6.61 Å². The number of ether oxygens (including phenoxy) is 2. The summed E-state index contributed by atoms with van der Waals surface area (Å²) in [6, 6.07) is 10.8. The van der Waals surface area contributed by atoms with Crippen molar-refractivity contribution in [2.45, 2.75) is 45.1 Å². The highest BCUT2D eigenvalue weighted by Gasteiger charge is 2.33. The van der Waals surface area contributed by atoms with Crippen LogP contribution < -0.4 is 0 Å². The number of carbonyl (C=O) groups excluding carboxylic acids is 2. The maximum Gasteiger partial charge on any atom is 0.356 e. The molecule has 0 bridgehead atoms. The molecule has 0 fully saturated rings. The third kappa shape index (κ3) is 5.98. The molecule has 40 heavy (non-hydrogen) atoms. The zero-order valence-corrected chi connectivity index (χ0v) is 25.6. The average Bonchev–Trinajstić information content (AvgIpc) is 3.48. The predicted molar refractivity (Wildman–Crippen MR) is 160 cm³/mol. The Morgan fingerprint density at radius 2 is 1.75 bits per heavy atom. The molecular weight excluding hydrogens is 593 g/mol. The van der Waals surface area contributed by atoms with Crippen molar-refractivity contribution in [1.29, 1.82) is 0 Å². The van der Waals surface area contributed by atoms with Gasteiger partial charge in [0.25, 0.3) is 10.0 Å². The van der Waals surface area contributed by atoms with E-state index in [1.54, 1.807) is 56.7 Å². The van der Waals surface area contributed by atoms with E-state index in [0.29, 0.717) is 5.56 Å². The molecule has 0 radical (unpaired) electrons. The van der Waals surface area contributed by atoms with Crippen LogP contribution in [0, 0.1) is 6.92 Å². The van der Waals surface area contributed by atoms with E-state index in [9.17, 15) is 18.0 Å². The van der Waals surface area contributed by atoms with Gasteiger partial charge in [-0.2, -0.15) is 11.3 Å². The summed E-state index contributed by atoms with van der Waals surface area (Å²) < 4.78 is 40.1. The molecule has 11 heteroatoms. The van der Waals surface area contributed by atoms with Crippen LogP contribution >= 0.6 is 34.5 Å². The second-order valence-corrected chi connectivity index (χ2v) is 13.3. The number of nitrogens with zero attached hydrogens (tertiary/aromatic N) is 1. The highest BCUT2D eigenvalue weighted by atomic mass is 35.5. The largest absolute Gasteiger partial charge is 0.461 e. The Hall–Kier alpha value is -3.11. The highest BCUT2D eigenvalue weighted by Crippen LogP contribution is 2.40. The first-order chi connectivity index (χ1) is 18.7. The standard InChI is InChI=1S/C29H27Cl2NO6S2/c1-6-37-28(34)26-22(15-21(18-11-12-39-16-18)27(33)38-29(3,4)5)25-23(31)13-19(30)14-24(25)32(26)40(35,36)20-9-7-17(2)8-10-20/h7-16H,6H2,1-5H3/b21-15+. The Balaban J connectivity index is 2.17. The average molecular weight is 621 g/mol. The quantitative estimate of drug-likeness (QED) is 0.156. The number of hydrogen-bond acceptors (Lipinski definition) is 7. The Bertz CT molecular complexity index is 1730. The van der Waals surface area contributed by atoms with Gasteiger partial charge in [-0.25, -0.2) is 22.0 Å². The molecule has 210 valence electrons. The molecule has 4 rings (SSSR count). The molecule has 0 unspecified atom stereocenters. The van der Waals surface area contributed by atoms with Gasteiger partial charge in [-0.1, -0.05) is 40.9 Å². The summed E-state index contributed by atoms with van der Waals surface area (Å²) in [7, 11) is -4.37. The first-order valence-electron chi connectivity index (χ1n) is 12.2. The maximum absolute atomic E-state index is 14.1. The van der Waals surface area contributed by atoms with E-state index in [4.69, 9.17) is 32.7 Å². The Morgan fingerprint density at radius 1 is 1.07 bits per heavy atom. The molecule has 0 aliphatic heterocycles. The van der Waals surface area contributed by atoms with Crippen LogP contribution in [-0.4, -0.2) is 36.5 Å². The van der Waals surface area contributed by atoms with E-state index in [2.05, 4.69) is 0 Å². The Labute approximate surface area is 247 Å². The molecule has 0 aliphatic carbocycles. The van der Waals surface area contributed by atoms with E-state index >= 15 is 0 Å². The van der Waals surface area contributed by atoms with Crippen LogP contribution in [-0.2, 0) is 24.3 Å². The van der Waals surface area contributed by atoms with Gasteiger partial charge < -0.3 is 9.47 Å². The van der Waals surface area contributed by atoms with Gasteiger partial charge in [0, 0.05) is 16.0 Å². The number of hydrogen-bond donors (Lipinski definition) is 0. The van der Waals surface area contributed by atoms with Crippen molar-refractivity contribution in [3.05, 3.63) is 85.7 Å². The molecule has 2 aromatic carbocycles. The summed E-state index contributed by atoms with van der Waals surface area (Å²) in [5, 5.41) is 4.00. The normalized spacial score (nSPS) is 12.5. The minimum atomic E-state index is -4.37. The number of carbonyl (C=O) groups is 2. The molecule has 7 nitrogen and oxygen atoms in total. The maximum atomic E-state index is 14.1. The molecule has 0 saturated heterocycles. The van der Waals surface area contributed by atoms with E-state index < -0.39 is 27.6 Å². The molecule has 2 aromatic heterocycles. The van der Waals surface area contributed by atoms with Crippen LogP contribution in [0.1, 0.15) is 54.9 Å². The number of rotatable bonds is 7. The van der Waals surface area contributed by atoms with E-state index in [-0.39, 0.29) is 49.3 Å². The SMILES string of the molecule is CCOC(=O)c1c(/C=C(/C(=O)OC(C)(C)C)c2ccsc2)c2c(Cl)cc(Cl)cc2n1S(=O)(=O)c1ccc(C)cc1. The van der Waals surface area contributed by atoms with Gasteiger partial charge in [-0.3, -0.25) is 0 Å². The van der Waals surface area contributed by atoms with E-state index in [1.165, 1.54) is 41.7 Å². The van der Waals surface area contributed by atoms with Gasteiger partial charge in [0.15, 0.2) is 5.69 Å². The van der Waals surface area contributed by atoms with E-state index in [0.717, 1.165) is 9.54 Å². The van der Waals surface area contributed by atoms with Crippen LogP contribution in [0.15, 0.2) is 58.1 Å². The fraction of sp³-hybridized carbons (Fsp3) is 0.241. The third-order valence-corrected chi connectivity index (χ3v) is 8.68. The number of fused-ring (bicyclic) bond motifs is 1. The van der Waals surface area contributed by atoms with Crippen molar-refractivity contribution < 1.29 is 27.5 Å². The van der Waals surface area contributed by atoms with Crippen LogP contribution in [0.2, 0.25) is 10.0 Å². The van der Waals surface area contributed by atoms with E-state index in [1.807, 2.05) is 6.92 Å². The lowest BCUT2D eigenvalue weighted by Crippen LogP contribution is -2.24. The number of halogens is 2. The van der Waals surface area contributed by atoms with Gasteiger partial charge in [-0.05, 0) is 87.4 Å². The Morgan fingerprint density at radius 3 is 2.33 bits per heavy atom. The zero-order chi connectivity index (χ0) is 29.4. The number of aryl methyl sites for hydroxylation is 1. The fourth-order valence-electron chi connectivity index (χ4n) is 4.09. The molecule has 0 amide bonds. The molecule has 4 aromatic rings. The lowest BCUT2D eigenvalue weighted by molar-refractivity contribution is -0.147. The van der Waals surface area contributed by atoms with Crippen molar-refractivity contribution >= 4 is 79.1 Å². The first kappa shape index (κ1) is 29.9. The molecule has 2 heterocycles. The smallest absolute Gasteiger partial charge is 0.356 e. The molecule has 0 N–H and O–H groups in total. The Kier molecular flexibility index (Phi) is 8.52. The summed E-state index contributed by atoms with van der Waals surface area (Å²) in [5.41, 5.74) is 0.497. The van der Waals surface area contributed by atoms with Crippen molar-refractivity contribution in [3.8, 4) is 0 Å². The van der Waals surface area contributed by atoms with Crippen molar-refractivity contribution in [3.63, 3.8) is 0 Å².